The summed E-state index contributed by atoms with van der Waals surface area (Å²) in [6.45, 7) is -0.480. The van der Waals surface area contributed by atoms with E-state index in [0.29, 0.717) is 0 Å². The summed E-state index contributed by atoms with van der Waals surface area (Å²) in [6, 6.07) is 0. The van der Waals surface area contributed by atoms with Crippen molar-refractivity contribution in [2.75, 3.05) is 13.7 Å². The third-order valence-electron chi connectivity index (χ3n) is 3.63. The number of imidazole rings is 1. The molecule has 0 bridgehead atoms. The Morgan fingerprint density at radius 3 is 2.64 bits per heavy atom. The van der Waals surface area contributed by atoms with Crippen LogP contribution < -0.4 is 16.9 Å². The van der Waals surface area contributed by atoms with Crippen LogP contribution in [0.15, 0.2) is 14.4 Å². The molecule has 0 saturated carbocycles. The van der Waals surface area contributed by atoms with E-state index in [1.165, 1.54) is 7.11 Å². The van der Waals surface area contributed by atoms with Gasteiger partial charge in [0.15, 0.2) is 17.4 Å². The second kappa shape index (κ2) is 5.21. The molecule has 0 unspecified atom stereocenters. The van der Waals surface area contributed by atoms with Gasteiger partial charge in [-0.2, -0.15) is 0 Å². The number of aromatic amines is 3. The van der Waals surface area contributed by atoms with E-state index in [0.717, 1.165) is 4.57 Å². The van der Waals surface area contributed by atoms with Crippen molar-refractivity contribution >= 4 is 11.2 Å². The molecule has 1 fully saturated rings. The topological polar surface area (TPSA) is 162 Å². The normalized spacial score (nSPS) is 28.5. The van der Waals surface area contributed by atoms with Crippen molar-refractivity contribution in [3.05, 3.63) is 31.3 Å². The molecule has 0 spiro atoms. The van der Waals surface area contributed by atoms with Crippen molar-refractivity contribution in [2.45, 2.75) is 24.5 Å². The molecule has 11 heteroatoms. The van der Waals surface area contributed by atoms with E-state index in [4.69, 9.17) is 9.47 Å². The fraction of sp³-hybridized carbons (Fsp3) is 0.545. The molecule has 5 N–H and O–H groups in total. The second-order valence-electron chi connectivity index (χ2n) is 4.87. The predicted octanol–water partition coefficient (Wildman–Crippen LogP) is -3.03. The van der Waals surface area contributed by atoms with Crippen LogP contribution in [-0.2, 0) is 9.47 Å². The molecule has 1 saturated heterocycles. The first-order chi connectivity index (χ1) is 10.5. The Balaban J connectivity index is 2.22. The highest BCUT2D eigenvalue weighted by Gasteiger charge is 2.46. The standard InChI is InChI=1S/C11H14N4O7/c1-21-6-5(17)3(2-16)22-9(6)15-7-4(12-11(15)20)8(18)14-10(19)13-7/h3,5-6,9,16-17H,2H2,1H3,(H,12,20)(H2,13,14,18,19)/t3-,5-,6-,9-/m1/s1. The lowest BCUT2D eigenvalue weighted by atomic mass is 10.1. The van der Waals surface area contributed by atoms with Gasteiger partial charge in [-0.05, 0) is 0 Å². The van der Waals surface area contributed by atoms with Gasteiger partial charge in [-0.3, -0.25) is 19.7 Å². The number of methoxy groups -OCH3 is 1. The fourth-order valence-corrected chi connectivity index (χ4v) is 2.61. The van der Waals surface area contributed by atoms with Crippen LogP contribution >= 0.6 is 0 Å². The number of rotatable bonds is 3. The quantitative estimate of drug-likeness (QED) is 0.402. The Morgan fingerprint density at radius 1 is 1.27 bits per heavy atom. The second-order valence-corrected chi connectivity index (χ2v) is 4.87. The maximum atomic E-state index is 12.1. The third kappa shape index (κ3) is 2.02. The molecule has 1 aliphatic rings. The van der Waals surface area contributed by atoms with Crippen LogP contribution in [0, 0.1) is 0 Å². The average Bonchev–Trinajstić information content (AvgIpc) is 2.95. The van der Waals surface area contributed by atoms with E-state index < -0.39 is 48.1 Å². The zero-order valence-corrected chi connectivity index (χ0v) is 11.4. The van der Waals surface area contributed by atoms with E-state index in [-0.39, 0.29) is 11.2 Å². The lowest BCUT2D eigenvalue weighted by Gasteiger charge is -2.19. The van der Waals surface area contributed by atoms with E-state index in [2.05, 4.69) is 9.97 Å². The smallest absolute Gasteiger partial charge is 0.330 e. The summed E-state index contributed by atoms with van der Waals surface area (Å²) in [5.74, 6) is 0. The molecule has 0 aromatic carbocycles. The zero-order chi connectivity index (χ0) is 16.0. The van der Waals surface area contributed by atoms with Gasteiger partial charge in [-0.1, -0.05) is 0 Å². The number of fused-ring (bicyclic) bond motifs is 1. The van der Waals surface area contributed by atoms with Gasteiger partial charge in [-0.15, -0.1) is 0 Å². The highest BCUT2D eigenvalue weighted by Crippen LogP contribution is 2.31. The van der Waals surface area contributed by atoms with Crippen molar-refractivity contribution in [2.24, 2.45) is 0 Å². The fourth-order valence-electron chi connectivity index (χ4n) is 2.61. The number of ether oxygens (including phenoxy) is 2. The molecule has 0 amide bonds. The Labute approximate surface area is 121 Å². The minimum Gasteiger partial charge on any atom is -0.394 e. The molecule has 2 aromatic rings. The summed E-state index contributed by atoms with van der Waals surface area (Å²) in [6.07, 6.45) is -4.21. The van der Waals surface area contributed by atoms with Gasteiger partial charge in [0.2, 0.25) is 0 Å². The Bertz CT molecular complexity index is 862. The van der Waals surface area contributed by atoms with Gasteiger partial charge < -0.3 is 19.7 Å². The highest BCUT2D eigenvalue weighted by atomic mass is 16.6. The van der Waals surface area contributed by atoms with Crippen LogP contribution in [0.5, 0.6) is 0 Å². The van der Waals surface area contributed by atoms with Gasteiger partial charge >= 0.3 is 11.4 Å². The summed E-state index contributed by atoms with van der Waals surface area (Å²) < 4.78 is 11.5. The molecule has 1 aliphatic heterocycles. The van der Waals surface area contributed by atoms with Gasteiger partial charge in [0, 0.05) is 7.11 Å². The van der Waals surface area contributed by atoms with Crippen LogP contribution in [0.2, 0.25) is 0 Å². The van der Waals surface area contributed by atoms with E-state index in [9.17, 15) is 24.6 Å². The lowest BCUT2D eigenvalue weighted by Crippen LogP contribution is -2.36. The SMILES string of the molecule is CO[C@@H]1[C@H](O)[C@@H](CO)O[C@H]1n1c(=O)[nH]c2c(=O)[nH]c(=O)[nH]c21. The van der Waals surface area contributed by atoms with Crippen LogP contribution in [0.1, 0.15) is 6.23 Å². The van der Waals surface area contributed by atoms with Crippen molar-refractivity contribution in [1.82, 2.24) is 19.5 Å². The van der Waals surface area contributed by atoms with E-state index in [1.807, 2.05) is 4.98 Å². The Morgan fingerprint density at radius 2 is 2.00 bits per heavy atom. The van der Waals surface area contributed by atoms with Crippen molar-refractivity contribution in [1.29, 1.82) is 0 Å². The minimum absolute atomic E-state index is 0.0865. The number of hydrogen-bond acceptors (Lipinski definition) is 7. The Kier molecular flexibility index (Phi) is 3.48. The molecule has 22 heavy (non-hydrogen) atoms. The van der Waals surface area contributed by atoms with Gasteiger partial charge in [0.1, 0.15) is 18.3 Å². The van der Waals surface area contributed by atoms with Gasteiger partial charge in [0.25, 0.3) is 5.56 Å². The number of aliphatic hydroxyl groups is 2. The van der Waals surface area contributed by atoms with Crippen molar-refractivity contribution in [3.63, 3.8) is 0 Å². The largest absolute Gasteiger partial charge is 0.394 e. The van der Waals surface area contributed by atoms with E-state index in [1.54, 1.807) is 0 Å². The van der Waals surface area contributed by atoms with Gasteiger partial charge in [0.05, 0.1) is 6.61 Å². The average molecular weight is 314 g/mol. The number of nitrogens with one attached hydrogen (secondary N) is 3. The summed E-state index contributed by atoms with van der Waals surface area (Å²) in [4.78, 5) is 41.8. The molecule has 3 rings (SSSR count). The number of hydrogen-bond donors (Lipinski definition) is 5. The number of aliphatic hydroxyl groups excluding tert-OH is 2. The summed E-state index contributed by atoms with van der Waals surface area (Å²) in [5.41, 5.74) is -2.50. The van der Waals surface area contributed by atoms with Gasteiger partial charge in [-0.25, -0.2) is 14.2 Å². The van der Waals surface area contributed by atoms with Crippen LogP contribution in [-0.4, -0.2) is 61.8 Å². The van der Waals surface area contributed by atoms with Crippen LogP contribution in [0.4, 0.5) is 0 Å². The number of H-pyrrole nitrogens is 3. The van der Waals surface area contributed by atoms with Crippen LogP contribution in [0.25, 0.3) is 11.2 Å². The third-order valence-corrected chi connectivity index (χ3v) is 3.63. The predicted molar refractivity (Wildman–Crippen MR) is 71.6 cm³/mol. The maximum absolute atomic E-state index is 12.1. The minimum atomic E-state index is -1.18. The lowest BCUT2D eigenvalue weighted by molar-refractivity contribution is -0.0598. The number of nitrogens with zero attached hydrogens (tertiary/aromatic N) is 1. The van der Waals surface area contributed by atoms with E-state index >= 15 is 0 Å². The summed E-state index contributed by atoms with van der Waals surface area (Å²) >= 11 is 0. The summed E-state index contributed by atoms with van der Waals surface area (Å²) in [5, 5.41) is 19.2. The first-order valence-electron chi connectivity index (χ1n) is 6.42. The molecule has 3 heterocycles. The molecule has 4 atom stereocenters. The summed E-state index contributed by atoms with van der Waals surface area (Å²) in [7, 11) is 1.30. The van der Waals surface area contributed by atoms with Crippen LogP contribution in [0.3, 0.4) is 0 Å². The molecule has 11 nitrogen and oxygen atoms in total. The molecule has 120 valence electrons. The molecular weight excluding hydrogens is 300 g/mol. The van der Waals surface area contributed by atoms with Crippen molar-refractivity contribution < 1.29 is 19.7 Å². The molecule has 0 radical (unpaired) electrons. The maximum Gasteiger partial charge on any atom is 0.330 e. The highest BCUT2D eigenvalue weighted by molar-refractivity contribution is 5.68. The molecule has 0 aliphatic carbocycles. The zero-order valence-electron chi connectivity index (χ0n) is 11.4. The monoisotopic (exact) mass is 314 g/mol. The first-order valence-corrected chi connectivity index (χ1v) is 6.42. The molecule has 2 aromatic heterocycles. The Hall–Kier alpha value is -2.21. The molecular formula is C11H14N4O7. The van der Waals surface area contributed by atoms with Crippen molar-refractivity contribution in [3.8, 4) is 0 Å². The number of aromatic nitrogens is 4. The first kappa shape index (κ1) is 14.7.